The molecule has 0 saturated carbocycles. The number of fused-ring (bicyclic) bond motifs is 1. The quantitative estimate of drug-likeness (QED) is 0.370. The second-order valence-corrected chi connectivity index (χ2v) is 8.51. The van der Waals surface area contributed by atoms with E-state index < -0.39 is 28.8 Å². The van der Waals surface area contributed by atoms with Gasteiger partial charge in [-0.2, -0.15) is 13.2 Å². The Morgan fingerprint density at radius 1 is 1.08 bits per heavy atom. The number of nitrogens with one attached hydrogen (secondary N) is 1. The van der Waals surface area contributed by atoms with Gasteiger partial charge < -0.3 is 9.73 Å². The molecule has 8 nitrogen and oxygen atoms in total. The number of hydrogen-bond donors (Lipinski definition) is 1. The molecule has 1 amide bonds. The van der Waals surface area contributed by atoms with Gasteiger partial charge in [0.15, 0.2) is 5.78 Å². The molecule has 0 saturated heterocycles. The number of Topliss-reactive ketones (excluding diaryl/α,β-unsaturated/α-hetero) is 1. The summed E-state index contributed by atoms with van der Waals surface area (Å²) in [6, 6.07) is 12.7. The van der Waals surface area contributed by atoms with Crippen molar-refractivity contribution in [2.24, 2.45) is 0 Å². The fourth-order valence-electron chi connectivity index (χ4n) is 4.80. The number of hydrogen-bond acceptors (Lipinski definition) is 6. The molecule has 1 aliphatic heterocycles. The van der Waals surface area contributed by atoms with Crippen molar-refractivity contribution in [3.63, 3.8) is 0 Å². The van der Waals surface area contributed by atoms with Gasteiger partial charge in [-0.3, -0.25) is 24.6 Å². The largest absolute Gasteiger partial charge is 0.471 e. The van der Waals surface area contributed by atoms with Gasteiger partial charge in [-0.15, -0.1) is 0 Å². The summed E-state index contributed by atoms with van der Waals surface area (Å²) in [7, 11) is 0. The fourth-order valence-corrected chi connectivity index (χ4v) is 4.80. The third kappa shape index (κ3) is 4.02. The molecule has 0 fully saturated rings. The van der Waals surface area contributed by atoms with E-state index in [-0.39, 0.29) is 47.0 Å². The number of carbonyl (C=O) groups excluding carboxylic acids is 2. The number of nitrogens with zero attached hydrogens (tertiary/aromatic N) is 2. The molecule has 0 radical (unpaired) electrons. The third-order valence-corrected chi connectivity index (χ3v) is 6.29. The molecule has 1 aliphatic carbocycles. The van der Waals surface area contributed by atoms with Gasteiger partial charge >= 0.3 is 12.1 Å². The molecule has 0 spiro atoms. The van der Waals surface area contributed by atoms with Gasteiger partial charge in [-0.25, -0.2) is 0 Å². The van der Waals surface area contributed by atoms with Crippen LogP contribution in [0.4, 0.5) is 30.2 Å². The lowest BCUT2D eigenvalue weighted by molar-refractivity contribution is -0.384. The van der Waals surface area contributed by atoms with Crippen LogP contribution in [0.2, 0.25) is 0 Å². The number of nitro groups is 1. The first-order valence-electron chi connectivity index (χ1n) is 11.0. The van der Waals surface area contributed by atoms with Crippen molar-refractivity contribution in [3.8, 4) is 0 Å². The number of alkyl halides is 3. The average molecular weight is 497 g/mol. The van der Waals surface area contributed by atoms with Crippen LogP contribution in [-0.2, 0) is 9.59 Å². The molecule has 2 heterocycles. The van der Waals surface area contributed by atoms with Gasteiger partial charge in [0.2, 0.25) is 0 Å². The van der Waals surface area contributed by atoms with E-state index in [0.29, 0.717) is 16.4 Å². The van der Waals surface area contributed by atoms with Crippen LogP contribution in [0.1, 0.15) is 36.1 Å². The maximum atomic E-state index is 13.9. The van der Waals surface area contributed by atoms with Crippen molar-refractivity contribution < 1.29 is 32.1 Å². The smallest absolute Gasteiger partial charge is 0.469 e. The molecule has 5 rings (SSSR count). The maximum absolute atomic E-state index is 13.9. The zero-order chi connectivity index (χ0) is 25.6. The molecule has 2 atom stereocenters. The zero-order valence-electron chi connectivity index (χ0n) is 18.5. The first kappa shape index (κ1) is 23.3. The Kier molecular flexibility index (Phi) is 5.62. The number of allylic oxidation sites excluding steroid dienone is 1. The minimum absolute atomic E-state index is 0.0117. The standard InChI is InChI=1S/C25H18F3N3O5/c26-25(27,28)24(33)30-19-8-2-1-7-17(19)29-18-12-15(21-9-4-10-36-21)13-20(32)22(18)23(30)14-5-3-6-16(11-14)31(34)35/h1-11,15,23,29H,12-13H2. The van der Waals surface area contributed by atoms with E-state index >= 15 is 0 Å². The molecule has 1 aromatic heterocycles. The molecule has 2 unspecified atom stereocenters. The van der Waals surface area contributed by atoms with Crippen LogP contribution < -0.4 is 10.2 Å². The van der Waals surface area contributed by atoms with Crippen molar-refractivity contribution in [3.05, 3.63) is 99.6 Å². The topological polar surface area (TPSA) is 106 Å². The minimum atomic E-state index is -5.27. The normalized spacial score (nSPS) is 19.8. The number of para-hydroxylation sites is 2. The highest BCUT2D eigenvalue weighted by Gasteiger charge is 2.50. The van der Waals surface area contributed by atoms with Crippen molar-refractivity contribution in [1.29, 1.82) is 0 Å². The fraction of sp³-hybridized carbons (Fsp3) is 0.200. The number of non-ortho nitro benzene ring substituents is 1. The lowest BCUT2D eigenvalue weighted by Crippen LogP contribution is -2.45. The molecule has 36 heavy (non-hydrogen) atoms. The number of nitro benzene ring substituents is 1. The SMILES string of the molecule is O=C1CC(c2ccco2)CC2=C1C(c1cccc([N+](=O)[O-])c1)N(C(=O)C(F)(F)F)c1ccccc1N2. The number of anilines is 2. The average Bonchev–Trinajstić information content (AvgIpc) is 3.33. The van der Waals surface area contributed by atoms with Gasteiger partial charge in [0.1, 0.15) is 5.76 Å². The van der Waals surface area contributed by atoms with E-state index in [4.69, 9.17) is 4.42 Å². The van der Waals surface area contributed by atoms with E-state index in [1.165, 1.54) is 42.7 Å². The Hall–Kier alpha value is -4.41. The number of halogens is 3. The maximum Gasteiger partial charge on any atom is 0.471 e. The summed E-state index contributed by atoms with van der Waals surface area (Å²) in [6.07, 6.45) is -3.65. The van der Waals surface area contributed by atoms with E-state index in [0.717, 1.165) is 6.07 Å². The van der Waals surface area contributed by atoms with Crippen LogP contribution in [0.15, 0.2) is 82.6 Å². The molecule has 0 bridgehead atoms. The highest BCUT2D eigenvalue weighted by molar-refractivity contribution is 6.07. The highest BCUT2D eigenvalue weighted by atomic mass is 19.4. The third-order valence-electron chi connectivity index (χ3n) is 6.29. The number of benzene rings is 2. The summed E-state index contributed by atoms with van der Waals surface area (Å²) in [5.74, 6) is -2.51. The molecule has 2 aromatic carbocycles. The predicted molar refractivity (Wildman–Crippen MR) is 122 cm³/mol. The second-order valence-electron chi connectivity index (χ2n) is 8.51. The number of furan rings is 1. The van der Waals surface area contributed by atoms with E-state index in [1.807, 2.05) is 0 Å². The zero-order valence-corrected chi connectivity index (χ0v) is 18.5. The number of ketones is 1. The van der Waals surface area contributed by atoms with Gasteiger partial charge in [0.05, 0.1) is 28.6 Å². The van der Waals surface area contributed by atoms with Gasteiger partial charge in [0, 0.05) is 35.7 Å². The summed E-state index contributed by atoms with van der Waals surface area (Å²) in [4.78, 5) is 37.7. The Morgan fingerprint density at radius 3 is 2.56 bits per heavy atom. The molecule has 1 N–H and O–H groups in total. The first-order valence-corrected chi connectivity index (χ1v) is 11.0. The van der Waals surface area contributed by atoms with Crippen molar-refractivity contribution in [2.45, 2.75) is 31.0 Å². The van der Waals surface area contributed by atoms with Crippen molar-refractivity contribution in [1.82, 2.24) is 0 Å². The van der Waals surface area contributed by atoms with E-state index in [9.17, 15) is 32.9 Å². The highest BCUT2D eigenvalue weighted by Crippen LogP contribution is 2.48. The van der Waals surface area contributed by atoms with Gasteiger partial charge in [0.25, 0.3) is 5.69 Å². The number of rotatable bonds is 3. The summed E-state index contributed by atoms with van der Waals surface area (Å²) in [6.45, 7) is 0. The summed E-state index contributed by atoms with van der Waals surface area (Å²) in [5, 5.41) is 14.5. The molecular formula is C25H18F3N3O5. The Bertz CT molecular complexity index is 1400. The molecular weight excluding hydrogens is 479 g/mol. The van der Waals surface area contributed by atoms with Crippen molar-refractivity contribution in [2.75, 3.05) is 10.2 Å². The van der Waals surface area contributed by atoms with Gasteiger partial charge in [-0.05, 0) is 36.2 Å². The summed E-state index contributed by atoms with van der Waals surface area (Å²) in [5.41, 5.74) is 0.00608. The molecule has 11 heteroatoms. The van der Waals surface area contributed by atoms with Gasteiger partial charge in [-0.1, -0.05) is 24.3 Å². The first-order chi connectivity index (χ1) is 17.1. The van der Waals surface area contributed by atoms with Crippen LogP contribution in [0.5, 0.6) is 0 Å². The Labute approximate surface area is 202 Å². The van der Waals surface area contributed by atoms with E-state index in [1.54, 1.807) is 18.2 Å². The lowest BCUT2D eigenvalue weighted by Gasteiger charge is -2.35. The van der Waals surface area contributed by atoms with Crippen LogP contribution in [0, 0.1) is 10.1 Å². The molecule has 2 aliphatic rings. The molecule has 184 valence electrons. The lowest BCUT2D eigenvalue weighted by atomic mass is 9.80. The summed E-state index contributed by atoms with van der Waals surface area (Å²) < 4.78 is 47.1. The van der Waals surface area contributed by atoms with Crippen LogP contribution in [0.3, 0.4) is 0 Å². The van der Waals surface area contributed by atoms with Crippen LogP contribution in [0.25, 0.3) is 0 Å². The van der Waals surface area contributed by atoms with Crippen molar-refractivity contribution >= 4 is 28.8 Å². The number of carbonyl (C=O) groups is 2. The van der Waals surface area contributed by atoms with E-state index in [2.05, 4.69) is 5.32 Å². The minimum Gasteiger partial charge on any atom is -0.469 e. The second kappa shape index (κ2) is 8.67. The van der Waals surface area contributed by atoms with Crippen LogP contribution >= 0.6 is 0 Å². The Balaban J connectivity index is 1.77. The Morgan fingerprint density at radius 2 is 1.86 bits per heavy atom. The number of amides is 1. The summed E-state index contributed by atoms with van der Waals surface area (Å²) >= 11 is 0. The molecule has 3 aromatic rings. The predicted octanol–water partition coefficient (Wildman–Crippen LogP) is 5.65. The monoisotopic (exact) mass is 497 g/mol. The van der Waals surface area contributed by atoms with Crippen LogP contribution in [-0.4, -0.2) is 22.8 Å².